The zero-order valence-electron chi connectivity index (χ0n) is 58.7. The van der Waals surface area contributed by atoms with Crippen LogP contribution in [0.5, 0.6) is 23.0 Å². The molecule has 0 radical (unpaired) electrons. The van der Waals surface area contributed by atoms with Gasteiger partial charge in [0, 0.05) is 55.3 Å². The summed E-state index contributed by atoms with van der Waals surface area (Å²) in [6.45, 7) is 26.7. The Balaban J connectivity index is 1.13. The Kier molecular flexibility index (Phi) is 18.3. The molecule has 0 amide bonds. The van der Waals surface area contributed by atoms with Gasteiger partial charge in [0.15, 0.2) is 5.75 Å². The van der Waals surface area contributed by atoms with Gasteiger partial charge in [-0.2, -0.15) is 4.89 Å². The van der Waals surface area contributed by atoms with Crippen molar-refractivity contribution in [2.45, 2.75) is 166 Å². The zero-order valence-corrected chi connectivity index (χ0v) is 60.5. The summed E-state index contributed by atoms with van der Waals surface area (Å²) in [5.74, 6) is 1.61. The number of hydrogen-bond acceptors (Lipinski definition) is 6. The molecule has 2 N–H and O–H groups in total. The lowest BCUT2D eigenvalue weighted by Crippen LogP contribution is -2.27. The standard InChI is InChI=1S/C88H92NO6P2/c1-13-53-41-57(17-5)77(58(18-6)42-53)73-49-65-33-25-29-37-69(65)81-82-70-38-30-26-34-66(70)50-74(78-59(19-7)43-54(14-2)44-60(78)20-8)86(82)93-96(90,92-85(73)81)89-97(91)94-87-75(79-61(21-9)45-55(15-3)46-62(79)22-10)51-67-35-27-31-39-71(67)83(87)84-72-40-32-28-36-68(72)52-76(88(84)95-97)80-63(23-11)47-56(16-4)48-64(80)24-12/h25-52,57,77,90H,13-24H2,1-12H3,(H,89,91)/q+1. The first-order valence-corrected chi connectivity index (χ1v) is 39.2. The molecule has 0 bridgehead atoms. The number of benzene rings is 11. The van der Waals surface area contributed by atoms with E-state index in [0.717, 1.165) is 204 Å². The molecule has 3 aliphatic rings. The molecular formula is C88H92NO6P2+. The van der Waals surface area contributed by atoms with Crippen LogP contribution in [0.25, 0.3) is 98.7 Å². The molecule has 3 unspecified atom stereocenters. The molecule has 0 spiro atoms. The minimum Gasteiger partial charge on any atom is -0.401 e. The van der Waals surface area contributed by atoms with Crippen LogP contribution >= 0.6 is 15.8 Å². The predicted octanol–water partition coefficient (Wildman–Crippen LogP) is 25.1. The van der Waals surface area contributed by atoms with Crippen molar-refractivity contribution < 1.29 is 27.6 Å². The molecule has 3 atom stereocenters. The number of rotatable bonds is 18. The van der Waals surface area contributed by atoms with Crippen molar-refractivity contribution in [1.29, 1.82) is 0 Å². The second kappa shape index (κ2) is 26.9. The molecule has 11 aromatic carbocycles. The van der Waals surface area contributed by atoms with E-state index in [0.29, 0.717) is 23.0 Å². The van der Waals surface area contributed by atoms with Crippen molar-refractivity contribution in [3.8, 4) is 78.6 Å². The Labute approximate surface area is 575 Å². The lowest BCUT2D eigenvalue weighted by molar-refractivity contribution is 0.328. The van der Waals surface area contributed by atoms with Gasteiger partial charge in [0.2, 0.25) is 5.75 Å². The lowest BCUT2D eigenvalue weighted by atomic mass is 9.72. The Bertz CT molecular complexity index is 4860. The van der Waals surface area contributed by atoms with Gasteiger partial charge >= 0.3 is 15.8 Å². The van der Waals surface area contributed by atoms with Crippen LogP contribution in [-0.4, -0.2) is 4.89 Å². The summed E-state index contributed by atoms with van der Waals surface area (Å²) in [5.41, 5.74) is 22.9. The van der Waals surface area contributed by atoms with Gasteiger partial charge in [0.1, 0.15) is 11.5 Å². The van der Waals surface area contributed by atoms with Crippen molar-refractivity contribution in [2.75, 3.05) is 0 Å². The third-order valence-corrected chi connectivity index (χ3v) is 25.0. The maximum absolute atomic E-state index is 18.3. The van der Waals surface area contributed by atoms with E-state index in [1.165, 1.54) is 39.0 Å². The summed E-state index contributed by atoms with van der Waals surface area (Å²) in [6.07, 6.45) is 14.5. The molecule has 0 saturated heterocycles. The topological polar surface area (TPSA) is 86.3 Å². The highest BCUT2D eigenvalue weighted by molar-refractivity contribution is 7.72. The molecule has 97 heavy (non-hydrogen) atoms. The summed E-state index contributed by atoms with van der Waals surface area (Å²) in [5, 5.41) is 7.74. The fraction of sp³-hybridized carbons (Fsp3) is 0.295. The number of fused-ring (bicyclic) bond motifs is 14. The first-order chi connectivity index (χ1) is 47.2. The van der Waals surface area contributed by atoms with Gasteiger partial charge in [-0.15, -0.1) is 0 Å². The highest BCUT2D eigenvalue weighted by Gasteiger charge is 2.60. The van der Waals surface area contributed by atoms with Gasteiger partial charge in [-0.05, 0) is 217 Å². The average molecular weight is 1320 g/mol. The first kappa shape index (κ1) is 66.0. The minimum atomic E-state index is -5.12. The number of hydrogen-bond donors (Lipinski definition) is 2. The van der Waals surface area contributed by atoms with Crippen LogP contribution in [0.1, 0.15) is 164 Å². The molecule has 7 nitrogen and oxygen atoms in total. The van der Waals surface area contributed by atoms with Crippen LogP contribution in [0.2, 0.25) is 0 Å². The van der Waals surface area contributed by atoms with Crippen molar-refractivity contribution in [1.82, 2.24) is 4.86 Å². The average Bonchev–Trinajstić information content (AvgIpc) is 1.67. The largest absolute Gasteiger partial charge is 0.602 e. The highest BCUT2D eigenvalue weighted by atomic mass is 31.3. The van der Waals surface area contributed by atoms with Gasteiger partial charge in [-0.1, -0.05) is 240 Å². The SMILES string of the molecule is CCC1=CC(CC)C(c2cc3ccccc3c3c2O[P+](O)(NP2(=O)Oc4c(-c5c(CC)cc(CC)cc5CC)cc5ccccc5c4-c4c(c(-c5c(CC)cc(CC)cc5CC)cc5ccccc45)O2)Oc2c(-c4c(CC)cc(CC)cc4CC)cc4ccccc4c2-3)C(CC)=C1. The molecule has 11 aromatic rings. The Morgan fingerprint density at radius 1 is 0.392 bits per heavy atom. The van der Waals surface area contributed by atoms with Crippen LogP contribution in [0.4, 0.5) is 0 Å². The van der Waals surface area contributed by atoms with E-state index in [4.69, 9.17) is 18.1 Å². The molecule has 0 saturated carbocycles. The Morgan fingerprint density at radius 2 is 0.732 bits per heavy atom. The van der Waals surface area contributed by atoms with E-state index in [-0.39, 0.29) is 11.8 Å². The Hall–Kier alpha value is -8.28. The van der Waals surface area contributed by atoms with Crippen molar-refractivity contribution in [2.24, 2.45) is 5.92 Å². The molecule has 0 fully saturated rings. The maximum Gasteiger partial charge on any atom is 0.602 e. The number of aryl methyl sites for hydroxylation is 9. The van der Waals surface area contributed by atoms with E-state index in [2.05, 4.69) is 258 Å². The lowest BCUT2D eigenvalue weighted by Gasteiger charge is -2.33. The number of nitrogens with one attached hydrogen (secondary N) is 1. The van der Waals surface area contributed by atoms with Crippen molar-refractivity contribution in [3.05, 3.63) is 237 Å². The summed E-state index contributed by atoms with van der Waals surface area (Å²) < 4.78 is 49.5. The smallest absolute Gasteiger partial charge is 0.401 e. The van der Waals surface area contributed by atoms with Crippen LogP contribution in [0.15, 0.2) is 181 Å². The second-order valence-electron chi connectivity index (χ2n) is 26.7. The second-order valence-corrected chi connectivity index (χ2v) is 30.3. The maximum atomic E-state index is 18.3. The first-order valence-electron chi connectivity index (χ1n) is 36.1. The molecule has 0 aromatic heterocycles. The number of allylic oxidation sites excluding steroid dienone is 4. The quantitative estimate of drug-likeness (QED) is 0.0828. The van der Waals surface area contributed by atoms with Crippen LogP contribution in [-0.2, 0) is 62.4 Å². The third kappa shape index (κ3) is 11.4. The van der Waals surface area contributed by atoms with Crippen LogP contribution < -0.4 is 23.0 Å². The molecule has 2 aliphatic heterocycles. The van der Waals surface area contributed by atoms with Crippen LogP contribution in [0, 0.1) is 5.92 Å². The van der Waals surface area contributed by atoms with E-state index in [9.17, 15) is 0 Å². The van der Waals surface area contributed by atoms with Crippen molar-refractivity contribution in [3.63, 3.8) is 0 Å². The molecule has 1 aliphatic carbocycles. The Morgan fingerprint density at radius 3 is 1.08 bits per heavy atom. The summed E-state index contributed by atoms with van der Waals surface area (Å²) in [6, 6.07) is 57.1. The van der Waals surface area contributed by atoms with Gasteiger partial charge in [-0.25, -0.2) is 4.57 Å². The van der Waals surface area contributed by atoms with Crippen LogP contribution in [0.3, 0.4) is 0 Å². The van der Waals surface area contributed by atoms with Gasteiger partial charge in [-0.3, -0.25) is 9.05 Å². The van der Waals surface area contributed by atoms with E-state index >= 15 is 9.46 Å². The summed E-state index contributed by atoms with van der Waals surface area (Å²) in [7, 11) is -10.0. The molecule has 2 heterocycles. The fourth-order valence-corrected chi connectivity index (χ4v) is 20.2. The normalized spacial score (nSPS) is 17.0. The molecule has 14 rings (SSSR count). The fourth-order valence-electron chi connectivity index (χ4n) is 16.5. The van der Waals surface area contributed by atoms with Gasteiger partial charge in [0.05, 0.1) is 0 Å². The molecule has 494 valence electrons. The minimum absolute atomic E-state index is 0.0902. The van der Waals surface area contributed by atoms with Gasteiger partial charge < -0.3 is 9.05 Å². The van der Waals surface area contributed by atoms with E-state index in [1.807, 2.05) is 0 Å². The molecule has 9 heteroatoms. The zero-order chi connectivity index (χ0) is 67.6. The summed E-state index contributed by atoms with van der Waals surface area (Å²) in [4.78, 5) is 18.4. The summed E-state index contributed by atoms with van der Waals surface area (Å²) >= 11 is 0. The highest BCUT2D eigenvalue weighted by Crippen LogP contribution is 2.72. The monoisotopic (exact) mass is 1320 g/mol. The molecular weight excluding hydrogens is 1230 g/mol. The third-order valence-electron chi connectivity index (χ3n) is 21.3. The van der Waals surface area contributed by atoms with Gasteiger partial charge in [0.25, 0.3) is 0 Å². The van der Waals surface area contributed by atoms with E-state index in [1.54, 1.807) is 0 Å². The van der Waals surface area contributed by atoms with Crippen molar-refractivity contribution >= 4 is 58.9 Å². The predicted molar refractivity (Wildman–Crippen MR) is 410 cm³/mol. The van der Waals surface area contributed by atoms with E-state index < -0.39 is 15.8 Å².